The number of amides is 1. The number of carbonyl (C=O) groups excluding carboxylic acids is 1. The molecule has 2 aromatic rings. The fourth-order valence-electron chi connectivity index (χ4n) is 1.66. The molecule has 19 heavy (non-hydrogen) atoms. The molecule has 0 fully saturated rings. The van der Waals surface area contributed by atoms with Crippen LogP contribution in [-0.2, 0) is 4.79 Å². The van der Waals surface area contributed by atoms with E-state index in [1.54, 1.807) is 6.20 Å². The standard InChI is InChI=1S/C14H17N3O2/c1-3-10(2)16-13(18)9-19-14-12-7-5-4-6-11(12)8-15-17-14/h4-8,10H,3,9H2,1-2H3,(H,16,18). The number of carbonyl (C=O) groups is 1. The summed E-state index contributed by atoms with van der Waals surface area (Å²) in [6, 6.07) is 7.79. The highest BCUT2D eigenvalue weighted by molar-refractivity contribution is 5.86. The summed E-state index contributed by atoms with van der Waals surface area (Å²) in [6.45, 7) is 3.92. The topological polar surface area (TPSA) is 64.1 Å². The van der Waals surface area contributed by atoms with Crippen molar-refractivity contribution in [3.05, 3.63) is 30.5 Å². The summed E-state index contributed by atoms with van der Waals surface area (Å²) in [5, 5.41) is 12.4. The normalized spacial score (nSPS) is 12.1. The van der Waals surface area contributed by atoms with Gasteiger partial charge < -0.3 is 10.1 Å². The maximum Gasteiger partial charge on any atom is 0.258 e. The number of fused-ring (bicyclic) bond motifs is 1. The first kappa shape index (κ1) is 13.3. The summed E-state index contributed by atoms with van der Waals surface area (Å²) >= 11 is 0. The molecule has 0 spiro atoms. The van der Waals surface area contributed by atoms with E-state index in [1.165, 1.54) is 0 Å². The molecular weight excluding hydrogens is 242 g/mol. The molecule has 1 N–H and O–H groups in total. The molecular formula is C14H17N3O2. The predicted molar refractivity (Wildman–Crippen MR) is 72.9 cm³/mol. The van der Waals surface area contributed by atoms with Crippen molar-refractivity contribution < 1.29 is 9.53 Å². The van der Waals surface area contributed by atoms with Gasteiger partial charge in [0.05, 0.1) is 6.20 Å². The van der Waals surface area contributed by atoms with E-state index in [0.29, 0.717) is 5.88 Å². The summed E-state index contributed by atoms with van der Waals surface area (Å²) < 4.78 is 5.44. The van der Waals surface area contributed by atoms with Crippen molar-refractivity contribution in [1.82, 2.24) is 15.5 Å². The van der Waals surface area contributed by atoms with Crippen LogP contribution in [0.25, 0.3) is 10.8 Å². The first-order valence-corrected chi connectivity index (χ1v) is 6.33. The van der Waals surface area contributed by atoms with E-state index >= 15 is 0 Å². The Kier molecular flexibility index (Phi) is 4.28. The van der Waals surface area contributed by atoms with Crippen LogP contribution in [0.5, 0.6) is 5.88 Å². The average Bonchev–Trinajstić information content (AvgIpc) is 2.44. The molecule has 0 aliphatic rings. The van der Waals surface area contributed by atoms with E-state index < -0.39 is 0 Å². The lowest BCUT2D eigenvalue weighted by atomic mass is 10.2. The number of nitrogens with one attached hydrogen (secondary N) is 1. The zero-order chi connectivity index (χ0) is 13.7. The number of rotatable bonds is 5. The van der Waals surface area contributed by atoms with Crippen molar-refractivity contribution in [1.29, 1.82) is 0 Å². The molecule has 0 aliphatic heterocycles. The lowest BCUT2D eigenvalue weighted by Crippen LogP contribution is -2.35. The van der Waals surface area contributed by atoms with Gasteiger partial charge in [0.15, 0.2) is 6.61 Å². The van der Waals surface area contributed by atoms with Crippen molar-refractivity contribution in [2.45, 2.75) is 26.3 Å². The van der Waals surface area contributed by atoms with Crippen molar-refractivity contribution >= 4 is 16.7 Å². The maximum absolute atomic E-state index is 11.6. The minimum Gasteiger partial charge on any atom is -0.466 e. The summed E-state index contributed by atoms with van der Waals surface area (Å²) in [4.78, 5) is 11.6. The van der Waals surface area contributed by atoms with Crippen LogP contribution in [-0.4, -0.2) is 28.8 Å². The predicted octanol–water partition coefficient (Wildman–Crippen LogP) is 1.92. The Bertz CT molecular complexity index is 566. The number of ether oxygens (including phenoxy) is 1. The molecule has 5 nitrogen and oxygen atoms in total. The third kappa shape index (κ3) is 3.40. The van der Waals surface area contributed by atoms with Gasteiger partial charge in [0, 0.05) is 16.8 Å². The van der Waals surface area contributed by atoms with Gasteiger partial charge >= 0.3 is 0 Å². The van der Waals surface area contributed by atoms with Gasteiger partial charge in [0.25, 0.3) is 5.91 Å². The smallest absolute Gasteiger partial charge is 0.258 e. The third-order valence-corrected chi connectivity index (χ3v) is 2.90. The summed E-state index contributed by atoms with van der Waals surface area (Å²) in [5.74, 6) is 0.237. The second-order valence-corrected chi connectivity index (χ2v) is 4.40. The zero-order valence-corrected chi connectivity index (χ0v) is 11.1. The molecule has 1 amide bonds. The first-order chi connectivity index (χ1) is 9.20. The molecule has 0 bridgehead atoms. The van der Waals surface area contributed by atoms with Gasteiger partial charge in [0.1, 0.15) is 0 Å². The molecule has 1 aromatic carbocycles. The van der Waals surface area contributed by atoms with E-state index in [9.17, 15) is 4.79 Å². The van der Waals surface area contributed by atoms with Crippen molar-refractivity contribution in [2.75, 3.05) is 6.61 Å². The van der Waals surface area contributed by atoms with Crippen LogP contribution in [0.4, 0.5) is 0 Å². The van der Waals surface area contributed by atoms with Crippen LogP contribution < -0.4 is 10.1 Å². The maximum atomic E-state index is 11.6. The molecule has 1 aromatic heterocycles. The fourth-order valence-corrected chi connectivity index (χ4v) is 1.66. The molecule has 0 saturated carbocycles. The van der Waals surface area contributed by atoms with Gasteiger partial charge in [-0.05, 0) is 19.4 Å². The van der Waals surface area contributed by atoms with Crippen LogP contribution in [0.1, 0.15) is 20.3 Å². The Balaban J connectivity index is 2.04. The van der Waals surface area contributed by atoms with Crippen molar-refractivity contribution in [3.8, 4) is 5.88 Å². The van der Waals surface area contributed by atoms with E-state index in [-0.39, 0.29) is 18.6 Å². The molecule has 100 valence electrons. The highest BCUT2D eigenvalue weighted by Crippen LogP contribution is 2.20. The summed E-state index contributed by atoms with van der Waals surface area (Å²) in [5.41, 5.74) is 0. The third-order valence-electron chi connectivity index (χ3n) is 2.90. The number of nitrogens with zero attached hydrogens (tertiary/aromatic N) is 2. The minimum atomic E-state index is -0.149. The van der Waals surface area contributed by atoms with Gasteiger partial charge in [-0.25, -0.2) is 0 Å². The van der Waals surface area contributed by atoms with E-state index in [4.69, 9.17) is 4.74 Å². The Labute approximate surface area is 112 Å². The van der Waals surface area contributed by atoms with Crippen molar-refractivity contribution in [3.63, 3.8) is 0 Å². The Hall–Kier alpha value is -2.17. The number of aromatic nitrogens is 2. The molecule has 0 saturated heterocycles. The average molecular weight is 259 g/mol. The van der Waals surface area contributed by atoms with Crippen LogP contribution in [0.15, 0.2) is 30.5 Å². The van der Waals surface area contributed by atoms with Crippen LogP contribution in [0.3, 0.4) is 0 Å². The van der Waals surface area contributed by atoms with Gasteiger partial charge in [-0.3, -0.25) is 4.79 Å². The minimum absolute atomic E-state index is 0.0486. The molecule has 2 rings (SSSR count). The quantitative estimate of drug-likeness (QED) is 0.891. The van der Waals surface area contributed by atoms with E-state index in [0.717, 1.165) is 17.2 Å². The Morgan fingerprint density at radius 3 is 3.00 bits per heavy atom. The van der Waals surface area contributed by atoms with Crippen LogP contribution >= 0.6 is 0 Å². The van der Waals surface area contributed by atoms with Gasteiger partial charge in [-0.2, -0.15) is 5.10 Å². The fraction of sp³-hybridized carbons (Fsp3) is 0.357. The van der Waals surface area contributed by atoms with Crippen LogP contribution in [0, 0.1) is 0 Å². The number of hydrogen-bond acceptors (Lipinski definition) is 4. The molecule has 1 atom stereocenters. The second kappa shape index (κ2) is 6.13. The highest BCUT2D eigenvalue weighted by Gasteiger charge is 2.09. The van der Waals surface area contributed by atoms with Crippen LogP contribution in [0.2, 0.25) is 0 Å². The van der Waals surface area contributed by atoms with Gasteiger partial charge in [0.2, 0.25) is 5.88 Å². The summed E-state index contributed by atoms with van der Waals surface area (Å²) in [6.07, 6.45) is 2.56. The van der Waals surface area contributed by atoms with Gasteiger partial charge in [-0.1, -0.05) is 25.1 Å². The van der Waals surface area contributed by atoms with E-state index in [2.05, 4.69) is 15.5 Å². The lowest BCUT2D eigenvalue weighted by Gasteiger charge is -2.12. The monoisotopic (exact) mass is 259 g/mol. The van der Waals surface area contributed by atoms with Crippen molar-refractivity contribution in [2.24, 2.45) is 0 Å². The lowest BCUT2D eigenvalue weighted by molar-refractivity contribution is -0.123. The van der Waals surface area contributed by atoms with Gasteiger partial charge in [-0.15, -0.1) is 5.10 Å². The number of hydrogen-bond donors (Lipinski definition) is 1. The molecule has 1 unspecified atom stereocenters. The molecule has 5 heteroatoms. The second-order valence-electron chi connectivity index (χ2n) is 4.40. The largest absolute Gasteiger partial charge is 0.466 e. The molecule has 1 heterocycles. The molecule has 0 radical (unpaired) electrons. The Morgan fingerprint density at radius 2 is 2.21 bits per heavy atom. The number of benzene rings is 1. The molecule has 0 aliphatic carbocycles. The summed E-state index contributed by atoms with van der Waals surface area (Å²) in [7, 11) is 0. The highest BCUT2D eigenvalue weighted by atomic mass is 16.5. The SMILES string of the molecule is CCC(C)NC(=O)COc1nncc2ccccc12. The Morgan fingerprint density at radius 1 is 1.42 bits per heavy atom. The first-order valence-electron chi connectivity index (χ1n) is 6.33. The zero-order valence-electron chi connectivity index (χ0n) is 11.1. The van der Waals surface area contributed by atoms with E-state index in [1.807, 2.05) is 38.1 Å².